The zero-order valence-corrected chi connectivity index (χ0v) is 11.0. The molecule has 0 saturated heterocycles. The molecule has 1 N–H and O–H groups in total. The highest BCUT2D eigenvalue weighted by Gasteiger charge is 2.10. The van der Waals surface area contributed by atoms with E-state index >= 15 is 0 Å². The Balaban J connectivity index is 2.14. The Hall–Kier alpha value is -2.65. The lowest BCUT2D eigenvalue weighted by Gasteiger charge is -2.06. The Morgan fingerprint density at radius 1 is 1.40 bits per heavy atom. The fourth-order valence-corrected chi connectivity index (χ4v) is 1.83. The predicted molar refractivity (Wildman–Crippen MR) is 74.4 cm³/mol. The lowest BCUT2D eigenvalue weighted by atomic mass is 10.1. The molecule has 0 aliphatic heterocycles. The van der Waals surface area contributed by atoms with E-state index in [2.05, 4.69) is 10.3 Å². The molecule has 0 saturated carbocycles. The van der Waals surface area contributed by atoms with Gasteiger partial charge in [0, 0.05) is 6.54 Å². The van der Waals surface area contributed by atoms with Gasteiger partial charge in [0.05, 0.1) is 28.7 Å². The fourth-order valence-electron chi connectivity index (χ4n) is 1.62. The number of nitro groups is 1. The average molecular weight is 289 g/mol. The largest absolute Gasteiger partial charge is 0.366 e. The summed E-state index contributed by atoms with van der Waals surface area (Å²) in [6.45, 7) is 0.389. The second kappa shape index (κ2) is 5.99. The summed E-state index contributed by atoms with van der Waals surface area (Å²) in [5.41, 5.74) is 1.29. The number of pyridine rings is 1. The summed E-state index contributed by atoms with van der Waals surface area (Å²) in [5, 5.41) is 22.5. The molecule has 0 amide bonds. The molecule has 0 bridgehead atoms. The highest BCUT2D eigenvalue weighted by Crippen LogP contribution is 2.21. The summed E-state index contributed by atoms with van der Waals surface area (Å²) >= 11 is 5.72. The summed E-state index contributed by atoms with van der Waals surface area (Å²) in [6, 6.07) is 11.6. The first kappa shape index (κ1) is 13.8. The number of halogens is 1. The lowest BCUT2D eigenvalue weighted by Crippen LogP contribution is -2.02. The standard InChI is InChI=1S/C13H9ClN4O2/c14-12-5-11(18(19)20)6-13(17-12)16-8-10-3-1-2-9(4-10)7-15/h1-6H,8H2,(H,16,17). The van der Waals surface area contributed by atoms with Gasteiger partial charge in [0.2, 0.25) is 0 Å². The van der Waals surface area contributed by atoms with E-state index in [0.29, 0.717) is 17.9 Å². The molecule has 20 heavy (non-hydrogen) atoms. The maximum Gasteiger partial charge on any atom is 0.276 e. The molecule has 7 heteroatoms. The van der Waals surface area contributed by atoms with Crippen LogP contribution in [0.5, 0.6) is 0 Å². The van der Waals surface area contributed by atoms with Gasteiger partial charge in [-0.25, -0.2) is 4.98 Å². The molecule has 1 aromatic carbocycles. The first-order chi connectivity index (χ1) is 9.58. The Morgan fingerprint density at radius 2 is 2.20 bits per heavy atom. The van der Waals surface area contributed by atoms with Crippen LogP contribution < -0.4 is 5.32 Å². The van der Waals surface area contributed by atoms with Crippen LogP contribution in [0, 0.1) is 21.4 Å². The molecule has 1 aromatic heterocycles. The summed E-state index contributed by atoms with van der Waals surface area (Å²) < 4.78 is 0. The van der Waals surface area contributed by atoms with E-state index in [4.69, 9.17) is 16.9 Å². The Kier molecular flexibility index (Phi) is 4.13. The van der Waals surface area contributed by atoms with Crippen molar-refractivity contribution in [1.82, 2.24) is 4.98 Å². The molecular formula is C13H9ClN4O2. The van der Waals surface area contributed by atoms with Crippen LogP contribution in [0.15, 0.2) is 36.4 Å². The molecule has 0 atom stereocenters. The van der Waals surface area contributed by atoms with Gasteiger partial charge in [0.1, 0.15) is 11.0 Å². The van der Waals surface area contributed by atoms with E-state index in [1.54, 1.807) is 18.2 Å². The third-order valence-corrected chi connectivity index (χ3v) is 2.71. The third kappa shape index (κ3) is 3.43. The van der Waals surface area contributed by atoms with Gasteiger partial charge in [-0.2, -0.15) is 5.26 Å². The van der Waals surface area contributed by atoms with Crippen molar-refractivity contribution >= 4 is 23.1 Å². The molecule has 0 aliphatic carbocycles. The smallest absolute Gasteiger partial charge is 0.276 e. The topological polar surface area (TPSA) is 91.8 Å². The van der Waals surface area contributed by atoms with Crippen molar-refractivity contribution in [3.05, 3.63) is 62.8 Å². The molecule has 0 aliphatic rings. The molecule has 2 aromatic rings. The van der Waals surface area contributed by atoms with Gasteiger partial charge in [-0.3, -0.25) is 10.1 Å². The number of anilines is 1. The van der Waals surface area contributed by atoms with E-state index in [-0.39, 0.29) is 10.8 Å². The number of hydrogen-bond acceptors (Lipinski definition) is 5. The van der Waals surface area contributed by atoms with Gasteiger partial charge in [-0.1, -0.05) is 23.7 Å². The normalized spacial score (nSPS) is 9.80. The summed E-state index contributed by atoms with van der Waals surface area (Å²) in [6.07, 6.45) is 0. The zero-order valence-electron chi connectivity index (χ0n) is 10.2. The van der Waals surface area contributed by atoms with Crippen molar-refractivity contribution in [3.8, 4) is 6.07 Å². The lowest BCUT2D eigenvalue weighted by molar-refractivity contribution is -0.384. The molecule has 100 valence electrons. The van der Waals surface area contributed by atoms with Gasteiger partial charge >= 0.3 is 0 Å². The summed E-state index contributed by atoms with van der Waals surface area (Å²) in [4.78, 5) is 14.1. The predicted octanol–water partition coefficient (Wildman–Crippen LogP) is 3.13. The van der Waals surface area contributed by atoms with Crippen molar-refractivity contribution in [2.45, 2.75) is 6.54 Å². The van der Waals surface area contributed by atoms with Crippen molar-refractivity contribution in [2.24, 2.45) is 0 Å². The summed E-state index contributed by atoms with van der Waals surface area (Å²) in [5.74, 6) is 0.312. The van der Waals surface area contributed by atoms with E-state index in [9.17, 15) is 10.1 Å². The quantitative estimate of drug-likeness (QED) is 0.530. The number of nitrogens with one attached hydrogen (secondary N) is 1. The minimum atomic E-state index is -0.533. The monoisotopic (exact) mass is 288 g/mol. The van der Waals surface area contributed by atoms with Gasteiger partial charge < -0.3 is 5.32 Å². The molecule has 2 rings (SSSR count). The van der Waals surface area contributed by atoms with Crippen molar-refractivity contribution in [3.63, 3.8) is 0 Å². The zero-order chi connectivity index (χ0) is 14.5. The van der Waals surface area contributed by atoms with Crippen molar-refractivity contribution in [1.29, 1.82) is 5.26 Å². The van der Waals surface area contributed by atoms with Crippen molar-refractivity contribution in [2.75, 3.05) is 5.32 Å². The molecule has 0 unspecified atom stereocenters. The van der Waals surface area contributed by atoms with Crippen LogP contribution in [0.1, 0.15) is 11.1 Å². The Bertz CT molecular complexity index is 697. The number of hydrogen-bond donors (Lipinski definition) is 1. The maximum absolute atomic E-state index is 10.7. The minimum absolute atomic E-state index is 0.0486. The van der Waals surface area contributed by atoms with Crippen LogP contribution in [-0.4, -0.2) is 9.91 Å². The van der Waals surface area contributed by atoms with E-state index in [1.165, 1.54) is 12.1 Å². The van der Waals surface area contributed by atoms with E-state index in [1.807, 2.05) is 12.1 Å². The first-order valence-corrected chi connectivity index (χ1v) is 6.01. The van der Waals surface area contributed by atoms with E-state index in [0.717, 1.165) is 5.56 Å². The van der Waals surface area contributed by atoms with Crippen LogP contribution >= 0.6 is 11.6 Å². The minimum Gasteiger partial charge on any atom is -0.366 e. The van der Waals surface area contributed by atoms with Crippen LogP contribution in [0.4, 0.5) is 11.5 Å². The van der Waals surface area contributed by atoms with Gasteiger partial charge in [-0.15, -0.1) is 0 Å². The second-order valence-electron chi connectivity index (χ2n) is 3.96. The maximum atomic E-state index is 10.7. The summed E-state index contributed by atoms with van der Waals surface area (Å²) in [7, 11) is 0. The fraction of sp³-hybridized carbons (Fsp3) is 0.0769. The number of nitriles is 1. The number of nitrogens with zero attached hydrogens (tertiary/aromatic N) is 3. The Labute approximate surface area is 119 Å². The molecule has 0 radical (unpaired) electrons. The number of rotatable bonds is 4. The van der Waals surface area contributed by atoms with Crippen molar-refractivity contribution < 1.29 is 4.92 Å². The van der Waals surface area contributed by atoms with E-state index < -0.39 is 4.92 Å². The Morgan fingerprint density at radius 3 is 2.90 bits per heavy atom. The van der Waals surface area contributed by atoms with Crippen LogP contribution in [0.2, 0.25) is 5.15 Å². The van der Waals surface area contributed by atoms with Gasteiger partial charge in [0.15, 0.2) is 0 Å². The molecule has 6 nitrogen and oxygen atoms in total. The second-order valence-corrected chi connectivity index (χ2v) is 4.34. The van der Waals surface area contributed by atoms with Gasteiger partial charge in [0.25, 0.3) is 5.69 Å². The van der Waals surface area contributed by atoms with Crippen LogP contribution in [-0.2, 0) is 6.54 Å². The average Bonchev–Trinajstić information content (AvgIpc) is 2.44. The number of benzene rings is 1. The highest BCUT2D eigenvalue weighted by molar-refractivity contribution is 6.29. The van der Waals surface area contributed by atoms with Gasteiger partial charge in [-0.05, 0) is 17.7 Å². The van der Waals surface area contributed by atoms with Crippen LogP contribution in [0.3, 0.4) is 0 Å². The number of aromatic nitrogens is 1. The SMILES string of the molecule is N#Cc1cccc(CNc2cc([N+](=O)[O-])cc(Cl)n2)c1. The molecule has 0 fully saturated rings. The first-order valence-electron chi connectivity index (χ1n) is 5.63. The highest BCUT2D eigenvalue weighted by atomic mass is 35.5. The van der Waals surface area contributed by atoms with Crippen LogP contribution in [0.25, 0.3) is 0 Å². The molecular weight excluding hydrogens is 280 g/mol. The molecule has 1 heterocycles. The molecule has 0 spiro atoms. The third-order valence-electron chi connectivity index (χ3n) is 2.52.